The van der Waals surface area contributed by atoms with Gasteiger partial charge < -0.3 is 14.9 Å². The Bertz CT molecular complexity index is 904. The lowest BCUT2D eigenvalue weighted by Crippen LogP contribution is -1.97. The van der Waals surface area contributed by atoms with E-state index in [1.165, 1.54) is 0 Å². The van der Waals surface area contributed by atoms with Gasteiger partial charge in [-0.25, -0.2) is 0 Å². The second kappa shape index (κ2) is 7.75. The van der Waals surface area contributed by atoms with Crippen molar-refractivity contribution < 1.29 is 14.9 Å². The minimum Gasteiger partial charge on any atom is -0.508 e. The fourth-order valence-electron chi connectivity index (χ4n) is 2.84. The number of phenolic OH excluding ortho intramolecular Hbond substituents is 2. The van der Waals surface area contributed by atoms with E-state index in [1.807, 2.05) is 55.5 Å². The van der Waals surface area contributed by atoms with E-state index in [2.05, 4.69) is 6.92 Å². The summed E-state index contributed by atoms with van der Waals surface area (Å²) < 4.78 is 5.21. The average Bonchev–Trinajstić information content (AvgIpc) is 2.66. The fraction of sp³-hybridized carbons (Fsp3) is 0.182. The van der Waals surface area contributed by atoms with Gasteiger partial charge in [0, 0.05) is 21.3 Å². The molecule has 1 unspecified atom stereocenters. The number of phenols is 2. The zero-order valence-corrected chi connectivity index (χ0v) is 15.9. The van der Waals surface area contributed by atoms with E-state index in [9.17, 15) is 10.2 Å². The zero-order chi connectivity index (χ0) is 18.7. The molecule has 0 spiro atoms. The summed E-state index contributed by atoms with van der Waals surface area (Å²) in [5.41, 5.74) is 2.85. The number of benzene rings is 3. The van der Waals surface area contributed by atoms with Crippen LogP contribution in [-0.4, -0.2) is 17.3 Å². The number of ether oxygens (including phenoxy) is 1. The summed E-state index contributed by atoms with van der Waals surface area (Å²) in [6.07, 6.45) is 0. The highest BCUT2D eigenvalue weighted by Gasteiger charge is 2.14. The second-order valence-corrected chi connectivity index (χ2v) is 7.41. The van der Waals surface area contributed by atoms with Gasteiger partial charge in [-0.3, -0.25) is 0 Å². The van der Waals surface area contributed by atoms with Crippen molar-refractivity contribution in [3.8, 4) is 17.2 Å². The van der Waals surface area contributed by atoms with Gasteiger partial charge >= 0.3 is 0 Å². The number of hydrogen-bond donors (Lipinski definition) is 2. The predicted octanol–water partition coefficient (Wildman–Crippen LogP) is 5.72. The van der Waals surface area contributed by atoms with Gasteiger partial charge in [-0.2, -0.15) is 0 Å². The van der Waals surface area contributed by atoms with E-state index >= 15 is 0 Å². The molecule has 1 atom stereocenters. The summed E-state index contributed by atoms with van der Waals surface area (Å²) in [6, 6.07) is 19.1. The van der Waals surface area contributed by atoms with E-state index in [0.29, 0.717) is 11.5 Å². The largest absolute Gasteiger partial charge is 0.508 e. The quantitative estimate of drug-likeness (QED) is 0.606. The molecule has 2 N–H and O–H groups in total. The van der Waals surface area contributed by atoms with E-state index in [-0.39, 0.29) is 5.92 Å². The molecule has 0 heterocycles. The van der Waals surface area contributed by atoms with Crippen LogP contribution < -0.4 is 4.74 Å². The van der Waals surface area contributed by atoms with Crippen LogP contribution in [0.25, 0.3) is 0 Å². The van der Waals surface area contributed by atoms with Crippen LogP contribution >= 0.6 is 11.8 Å². The van der Waals surface area contributed by atoms with Gasteiger partial charge in [-0.1, -0.05) is 30.8 Å². The van der Waals surface area contributed by atoms with E-state index in [4.69, 9.17) is 4.74 Å². The molecule has 3 nitrogen and oxygen atoms in total. The molecule has 26 heavy (non-hydrogen) atoms. The number of rotatable bonds is 5. The van der Waals surface area contributed by atoms with Gasteiger partial charge in [0.15, 0.2) is 0 Å². The normalized spacial score (nSPS) is 12.0. The Balaban J connectivity index is 1.87. The lowest BCUT2D eigenvalue weighted by atomic mass is 9.92. The molecule has 0 aromatic heterocycles. The second-order valence-electron chi connectivity index (χ2n) is 6.27. The fourth-order valence-corrected chi connectivity index (χ4v) is 3.81. The van der Waals surface area contributed by atoms with Crippen LogP contribution in [0.4, 0.5) is 0 Å². The Kier molecular flexibility index (Phi) is 5.43. The molecule has 0 saturated heterocycles. The van der Waals surface area contributed by atoms with Crippen molar-refractivity contribution in [3.05, 3.63) is 77.4 Å². The molecule has 0 saturated carbocycles. The first-order valence-corrected chi connectivity index (χ1v) is 9.24. The summed E-state index contributed by atoms with van der Waals surface area (Å²) in [6.45, 7) is 3.96. The maximum absolute atomic E-state index is 10.3. The molecule has 3 aromatic carbocycles. The van der Waals surface area contributed by atoms with Crippen LogP contribution in [0.15, 0.2) is 70.5 Å². The first kappa shape index (κ1) is 18.2. The topological polar surface area (TPSA) is 49.7 Å². The first-order chi connectivity index (χ1) is 12.5. The predicted molar refractivity (Wildman–Crippen MR) is 106 cm³/mol. The summed E-state index contributed by atoms with van der Waals surface area (Å²) in [5.74, 6) is 1.47. The number of methoxy groups -OCH3 is 1. The van der Waals surface area contributed by atoms with E-state index < -0.39 is 0 Å². The molecule has 4 heteroatoms. The maximum atomic E-state index is 10.3. The minimum absolute atomic E-state index is 0.0583. The van der Waals surface area contributed by atoms with E-state index in [0.717, 1.165) is 32.2 Å². The van der Waals surface area contributed by atoms with Gasteiger partial charge in [0.2, 0.25) is 0 Å². The van der Waals surface area contributed by atoms with Crippen LogP contribution in [0.5, 0.6) is 17.2 Å². The molecule has 134 valence electrons. The summed E-state index contributed by atoms with van der Waals surface area (Å²) in [7, 11) is 1.65. The lowest BCUT2D eigenvalue weighted by molar-refractivity contribution is 0.414. The molecule has 0 aliphatic rings. The molecule has 0 aliphatic heterocycles. The standard InChI is InChI=1S/C22H22O3S/c1-14-12-18(8-10-21(14)23)26-19-9-11-22(24)20(13-19)15(2)16-4-6-17(25-3)7-5-16/h4-13,15,23-24H,1-3H3. The molecule has 0 amide bonds. The van der Waals surface area contributed by atoms with Gasteiger partial charge in [0.05, 0.1) is 7.11 Å². The molecule has 3 rings (SSSR count). The van der Waals surface area contributed by atoms with Gasteiger partial charge in [-0.15, -0.1) is 0 Å². The third-order valence-electron chi connectivity index (χ3n) is 4.49. The minimum atomic E-state index is 0.0583. The van der Waals surface area contributed by atoms with Crippen molar-refractivity contribution in [2.45, 2.75) is 29.6 Å². The third kappa shape index (κ3) is 3.97. The van der Waals surface area contributed by atoms with Crippen LogP contribution in [0.2, 0.25) is 0 Å². The van der Waals surface area contributed by atoms with Crippen molar-refractivity contribution in [3.63, 3.8) is 0 Å². The smallest absolute Gasteiger partial charge is 0.119 e. The molecule has 0 radical (unpaired) electrons. The van der Waals surface area contributed by atoms with Crippen LogP contribution in [0.1, 0.15) is 29.5 Å². The van der Waals surface area contributed by atoms with Crippen LogP contribution in [0, 0.1) is 6.92 Å². The maximum Gasteiger partial charge on any atom is 0.119 e. The highest BCUT2D eigenvalue weighted by atomic mass is 32.2. The molecular formula is C22H22O3S. The average molecular weight is 366 g/mol. The van der Waals surface area contributed by atoms with Crippen molar-refractivity contribution in [1.29, 1.82) is 0 Å². The highest BCUT2D eigenvalue weighted by molar-refractivity contribution is 7.99. The van der Waals surface area contributed by atoms with Crippen molar-refractivity contribution in [1.82, 2.24) is 0 Å². The third-order valence-corrected chi connectivity index (χ3v) is 5.46. The SMILES string of the molecule is COc1ccc(C(C)c2cc(Sc3ccc(O)c(C)c3)ccc2O)cc1. The zero-order valence-electron chi connectivity index (χ0n) is 15.1. The Morgan fingerprint density at radius 1 is 0.846 bits per heavy atom. The van der Waals surface area contributed by atoms with Gasteiger partial charge in [-0.05, 0) is 66.6 Å². The Hall–Kier alpha value is -2.59. The van der Waals surface area contributed by atoms with E-state index in [1.54, 1.807) is 31.0 Å². The number of hydrogen-bond acceptors (Lipinski definition) is 4. The van der Waals surface area contributed by atoms with Crippen molar-refractivity contribution >= 4 is 11.8 Å². The van der Waals surface area contributed by atoms with Crippen LogP contribution in [0.3, 0.4) is 0 Å². The molecule has 0 aliphatic carbocycles. The number of aryl methyl sites for hydroxylation is 1. The summed E-state index contributed by atoms with van der Waals surface area (Å²) in [5, 5.41) is 20.0. The Morgan fingerprint density at radius 2 is 1.46 bits per heavy atom. The van der Waals surface area contributed by atoms with Crippen LogP contribution in [-0.2, 0) is 0 Å². The molecular weight excluding hydrogens is 344 g/mol. The summed E-state index contributed by atoms with van der Waals surface area (Å²) in [4.78, 5) is 2.09. The highest BCUT2D eigenvalue weighted by Crippen LogP contribution is 2.37. The van der Waals surface area contributed by atoms with Gasteiger partial charge in [0.1, 0.15) is 17.2 Å². The Morgan fingerprint density at radius 3 is 2.08 bits per heavy atom. The lowest BCUT2D eigenvalue weighted by Gasteiger charge is -2.16. The molecule has 3 aromatic rings. The summed E-state index contributed by atoms with van der Waals surface area (Å²) >= 11 is 1.61. The molecule has 0 bridgehead atoms. The monoisotopic (exact) mass is 366 g/mol. The molecule has 0 fully saturated rings. The van der Waals surface area contributed by atoms with Crippen molar-refractivity contribution in [2.75, 3.05) is 7.11 Å². The van der Waals surface area contributed by atoms with Gasteiger partial charge in [0.25, 0.3) is 0 Å². The number of aromatic hydroxyl groups is 2. The Labute approximate surface area is 158 Å². The first-order valence-electron chi connectivity index (χ1n) is 8.42. The van der Waals surface area contributed by atoms with Crippen molar-refractivity contribution in [2.24, 2.45) is 0 Å².